The SMILES string of the molecule is C#Cc1ccc(CNC(=O)c2sc3nnc(C)c(C)c3c2N)cc1. The van der Waals surface area contributed by atoms with Gasteiger partial charge in [-0.05, 0) is 37.1 Å². The van der Waals surface area contributed by atoms with Gasteiger partial charge in [0.25, 0.3) is 5.91 Å². The zero-order valence-electron chi connectivity index (χ0n) is 13.4. The summed E-state index contributed by atoms with van der Waals surface area (Å²) in [5.74, 6) is 2.35. The van der Waals surface area contributed by atoms with Gasteiger partial charge in [-0.2, -0.15) is 5.10 Å². The van der Waals surface area contributed by atoms with Crippen molar-refractivity contribution >= 4 is 33.1 Å². The maximum Gasteiger partial charge on any atom is 0.263 e. The Morgan fingerprint density at radius 2 is 2.00 bits per heavy atom. The molecule has 0 fully saturated rings. The number of hydrogen-bond acceptors (Lipinski definition) is 5. The molecule has 6 heteroatoms. The summed E-state index contributed by atoms with van der Waals surface area (Å²) in [7, 11) is 0. The van der Waals surface area contributed by atoms with Crippen LogP contribution < -0.4 is 11.1 Å². The minimum absolute atomic E-state index is 0.214. The molecule has 0 aliphatic rings. The van der Waals surface area contributed by atoms with Crippen molar-refractivity contribution in [2.75, 3.05) is 5.73 Å². The standard InChI is InChI=1S/C18H16N4OS/c1-4-12-5-7-13(8-6-12)9-20-17(23)16-15(19)14-10(2)11(3)21-22-18(14)24-16/h1,5-8H,9,19H2,2-3H3,(H,20,23). The molecule has 0 saturated carbocycles. The van der Waals surface area contributed by atoms with E-state index in [2.05, 4.69) is 21.4 Å². The van der Waals surface area contributed by atoms with Crippen molar-refractivity contribution in [3.05, 3.63) is 51.5 Å². The van der Waals surface area contributed by atoms with Crippen LogP contribution in [0.1, 0.15) is 32.1 Å². The van der Waals surface area contributed by atoms with Gasteiger partial charge in [-0.3, -0.25) is 4.79 Å². The molecule has 0 unspecified atom stereocenters. The van der Waals surface area contributed by atoms with E-state index >= 15 is 0 Å². The number of fused-ring (bicyclic) bond motifs is 1. The molecule has 3 rings (SSSR count). The van der Waals surface area contributed by atoms with Crippen LogP contribution in [-0.4, -0.2) is 16.1 Å². The van der Waals surface area contributed by atoms with Gasteiger partial charge in [-0.25, -0.2) is 0 Å². The molecule has 1 aromatic carbocycles. The van der Waals surface area contributed by atoms with E-state index in [1.807, 2.05) is 38.1 Å². The van der Waals surface area contributed by atoms with Gasteiger partial charge in [0.2, 0.25) is 0 Å². The number of carbonyl (C=O) groups is 1. The average molecular weight is 336 g/mol. The fourth-order valence-electron chi connectivity index (χ4n) is 2.39. The zero-order valence-corrected chi connectivity index (χ0v) is 14.2. The lowest BCUT2D eigenvalue weighted by atomic mass is 10.1. The van der Waals surface area contributed by atoms with E-state index in [9.17, 15) is 4.79 Å². The molecule has 1 amide bonds. The van der Waals surface area contributed by atoms with Gasteiger partial charge < -0.3 is 11.1 Å². The molecular weight excluding hydrogens is 320 g/mol. The first-order valence-corrected chi connectivity index (χ1v) is 8.18. The third kappa shape index (κ3) is 2.82. The number of nitrogen functional groups attached to an aromatic ring is 1. The van der Waals surface area contributed by atoms with Crippen molar-refractivity contribution < 1.29 is 4.79 Å². The maximum atomic E-state index is 12.5. The number of benzene rings is 1. The predicted molar refractivity (Wildman–Crippen MR) is 96.8 cm³/mol. The smallest absolute Gasteiger partial charge is 0.263 e. The van der Waals surface area contributed by atoms with Crippen LogP contribution in [0.25, 0.3) is 10.2 Å². The first kappa shape index (κ1) is 16.0. The molecule has 0 bridgehead atoms. The summed E-state index contributed by atoms with van der Waals surface area (Å²) in [6, 6.07) is 7.47. The highest BCUT2D eigenvalue weighted by Crippen LogP contribution is 2.34. The van der Waals surface area contributed by atoms with Gasteiger partial charge in [0.05, 0.1) is 11.4 Å². The fraction of sp³-hybridized carbons (Fsp3) is 0.167. The van der Waals surface area contributed by atoms with Crippen molar-refractivity contribution in [3.63, 3.8) is 0 Å². The fourth-order valence-corrected chi connectivity index (χ4v) is 3.41. The summed E-state index contributed by atoms with van der Waals surface area (Å²) < 4.78 is 0. The Morgan fingerprint density at radius 1 is 1.29 bits per heavy atom. The van der Waals surface area contributed by atoms with E-state index in [-0.39, 0.29) is 5.91 Å². The largest absolute Gasteiger partial charge is 0.397 e. The first-order chi connectivity index (χ1) is 11.5. The molecule has 0 spiro atoms. The number of amides is 1. The number of carbonyl (C=O) groups excluding carboxylic acids is 1. The number of hydrogen-bond donors (Lipinski definition) is 2. The van der Waals surface area contributed by atoms with Gasteiger partial charge >= 0.3 is 0 Å². The van der Waals surface area contributed by atoms with E-state index < -0.39 is 0 Å². The van der Waals surface area contributed by atoms with Crippen molar-refractivity contribution in [3.8, 4) is 12.3 Å². The first-order valence-electron chi connectivity index (χ1n) is 7.37. The summed E-state index contributed by atoms with van der Waals surface area (Å²) in [6.45, 7) is 4.21. The van der Waals surface area contributed by atoms with E-state index in [0.29, 0.717) is 21.9 Å². The number of thiophene rings is 1. The van der Waals surface area contributed by atoms with Crippen LogP contribution in [0, 0.1) is 26.2 Å². The number of terminal acetylenes is 1. The monoisotopic (exact) mass is 336 g/mol. The highest BCUT2D eigenvalue weighted by molar-refractivity contribution is 7.21. The number of nitrogens with zero attached hydrogens (tertiary/aromatic N) is 2. The maximum absolute atomic E-state index is 12.5. The molecule has 0 atom stereocenters. The van der Waals surface area contributed by atoms with Crippen LogP contribution in [0.5, 0.6) is 0 Å². The molecule has 5 nitrogen and oxygen atoms in total. The predicted octanol–water partition coefficient (Wildman–Crippen LogP) is 2.80. The van der Waals surface area contributed by atoms with Crippen molar-refractivity contribution in [1.82, 2.24) is 15.5 Å². The Hall–Kier alpha value is -2.91. The van der Waals surface area contributed by atoms with Crippen molar-refractivity contribution in [2.45, 2.75) is 20.4 Å². The van der Waals surface area contributed by atoms with Crippen LogP contribution in [0.15, 0.2) is 24.3 Å². The van der Waals surface area contributed by atoms with Crippen molar-refractivity contribution in [1.29, 1.82) is 0 Å². The number of nitrogens with two attached hydrogens (primary N) is 1. The molecule has 0 saturated heterocycles. The molecule has 3 N–H and O–H groups in total. The number of aromatic nitrogens is 2. The summed E-state index contributed by atoms with van der Waals surface area (Å²) >= 11 is 1.26. The van der Waals surface area contributed by atoms with Crippen LogP contribution in [0.3, 0.4) is 0 Å². The lowest BCUT2D eigenvalue weighted by Gasteiger charge is -2.05. The Balaban J connectivity index is 1.82. The summed E-state index contributed by atoms with van der Waals surface area (Å²) in [4.78, 5) is 13.6. The van der Waals surface area contributed by atoms with Crippen LogP contribution in [0.4, 0.5) is 5.69 Å². The number of rotatable bonds is 3. The van der Waals surface area contributed by atoms with Crippen LogP contribution >= 0.6 is 11.3 Å². The Bertz CT molecular complexity index is 967. The lowest BCUT2D eigenvalue weighted by Crippen LogP contribution is -2.22. The Morgan fingerprint density at radius 3 is 2.67 bits per heavy atom. The van der Waals surface area contributed by atoms with E-state index in [0.717, 1.165) is 27.8 Å². The molecule has 0 radical (unpaired) electrons. The van der Waals surface area contributed by atoms with Gasteiger partial charge in [-0.15, -0.1) is 22.9 Å². The van der Waals surface area contributed by atoms with Crippen molar-refractivity contribution in [2.24, 2.45) is 0 Å². The second kappa shape index (κ2) is 6.30. The average Bonchev–Trinajstić information content (AvgIpc) is 2.94. The third-order valence-electron chi connectivity index (χ3n) is 3.91. The van der Waals surface area contributed by atoms with Gasteiger partial charge in [0.15, 0.2) is 0 Å². The lowest BCUT2D eigenvalue weighted by molar-refractivity contribution is 0.0956. The molecule has 2 heterocycles. The molecule has 120 valence electrons. The van der Waals surface area contributed by atoms with E-state index in [1.165, 1.54) is 11.3 Å². The normalized spacial score (nSPS) is 10.5. The highest BCUT2D eigenvalue weighted by atomic mass is 32.1. The van der Waals surface area contributed by atoms with E-state index in [4.69, 9.17) is 12.2 Å². The number of nitrogens with one attached hydrogen (secondary N) is 1. The van der Waals surface area contributed by atoms with Gasteiger partial charge in [-0.1, -0.05) is 18.1 Å². The van der Waals surface area contributed by atoms with Gasteiger partial charge in [0, 0.05) is 17.5 Å². The van der Waals surface area contributed by atoms with Gasteiger partial charge in [0.1, 0.15) is 9.71 Å². The summed E-state index contributed by atoms with van der Waals surface area (Å²) in [5.41, 5.74) is 10.2. The zero-order chi connectivity index (χ0) is 17.3. The molecule has 3 aromatic rings. The minimum Gasteiger partial charge on any atom is -0.397 e. The van der Waals surface area contributed by atoms with Crippen LogP contribution in [-0.2, 0) is 6.54 Å². The second-order valence-electron chi connectivity index (χ2n) is 5.46. The summed E-state index contributed by atoms with van der Waals surface area (Å²) in [5, 5.41) is 11.9. The molecule has 24 heavy (non-hydrogen) atoms. The molecule has 2 aromatic heterocycles. The molecular formula is C18H16N4OS. The quantitative estimate of drug-likeness (QED) is 0.721. The Kier molecular flexibility index (Phi) is 4.19. The number of anilines is 1. The molecule has 0 aliphatic carbocycles. The van der Waals surface area contributed by atoms with E-state index in [1.54, 1.807) is 0 Å². The number of aryl methyl sites for hydroxylation is 2. The highest BCUT2D eigenvalue weighted by Gasteiger charge is 2.19. The molecule has 0 aliphatic heterocycles. The summed E-state index contributed by atoms with van der Waals surface area (Å²) in [6.07, 6.45) is 5.33. The Labute approximate surface area is 143 Å². The third-order valence-corrected chi connectivity index (χ3v) is 5.00. The second-order valence-corrected chi connectivity index (χ2v) is 6.46. The minimum atomic E-state index is -0.214. The van der Waals surface area contributed by atoms with Crippen LogP contribution in [0.2, 0.25) is 0 Å². The topological polar surface area (TPSA) is 80.9 Å².